The highest BCUT2D eigenvalue weighted by molar-refractivity contribution is 5.54. The average molecular weight is 238 g/mol. The summed E-state index contributed by atoms with van der Waals surface area (Å²) in [4.78, 5) is 2.18. The van der Waals surface area contributed by atoms with Crippen molar-refractivity contribution in [1.82, 2.24) is 4.90 Å². The molecular weight excluding hydrogens is 222 g/mol. The molecule has 1 aliphatic heterocycles. The van der Waals surface area contributed by atoms with Crippen molar-refractivity contribution in [3.05, 3.63) is 28.8 Å². The maximum Gasteiger partial charge on any atom is 0.273 e. The highest BCUT2D eigenvalue weighted by Gasteiger charge is 2.43. The molecule has 1 aromatic rings. The van der Waals surface area contributed by atoms with E-state index in [-0.39, 0.29) is 17.9 Å². The number of nitrogens with two attached hydrogens (primary N) is 1. The van der Waals surface area contributed by atoms with Gasteiger partial charge in [0.25, 0.3) is 5.92 Å². The maximum absolute atomic E-state index is 13.9. The molecule has 1 atom stereocenters. The zero-order valence-corrected chi connectivity index (χ0v) is 9.84. The third-order valence-corrected chi connectivity index (χ3v) is 3.87. The van der Waals surface area contributed by atoms with Crippen LogP contribution in [0.4, 0.5) is 14.5 Å². The van der Waals surface area contributed by atoms with Gasteiger partial charge in [0, 0.05) is 30.8 Å². The normalized spacial score (nSPS) is 26.6. The summed E-state index contributed by atoms with van der Waals surface area (Å²) in [7, 11) is 2.03. The van der Waals surface area contributed by atoms with E-state index in [2.05, 4.69) is 4.90 Å². The lowest BCUT2D eigenvalue weighted by atomic mass is 9.76. The second-order valence-corrected chi connectivity index (χ2v) is 5.28. The molecule has 1 aromatic carbocycles. The molecule has 3 rings (SSSR count). The maximum atomic E-state index is 13.9. The van der Waals surface area contributed by atoms with Crippen molar-refractivity contribution in [2.75, 3.05) is 19.3 Å². The molecule has 0 bridgehead atoms. The molecule has 0 fully saturated rings. The van der Waals surface area contributed by atoms with E-state index in [1.54, 1.807) is 0 Å². The van der Waals surface area contributed by atoms with Gasteiger partial charge in [0.05, 0.1) is 0 Å². The van der Waals surface area contributed by atoms with Crippen molar-refractivity contribution in [2.24, 2.45) is 0 Å². The van der Waals surface area contributed by atoms with E-state index in [0.29, 0.717) is 12.1 Å². The van der Waals surface area contributed by atoms with Crippen molar-refractivity contribution in [1.29, 1.82) is 0 Å². The Morgan fingerprint density at radius 3 is 2.94 bits per heavy atom. The molecule has 92 valence electrons. The summed E-state index contributed by atoms with van der Waals surface area (Å²) in [5.74, 6) is -2.45. The van der Waals surface area contributed by atoms with Crippen molar-refractivity contribution in [3.8, 4) is 0 Å². The van der Waals surface area contributed by atoms with E-state index in [0.717, 1.165) is 24.2 Å². The van der Waals surface area contributed by atoms with Gasteiger partial charge in [-0.25, -0.2) is 8.78 Å². The first-order valence-electron chi connectivity index (χ1n) is 5.96. The molecule has 2 nitrogen and oxygen atoms in total. The number of nitrogen functional groups attached to an aromatic ring is 1. The quantitative estimate of drug-likeness (QED) is 0.704. The van der Waals surface area contributed by atoms with Crippen LogP contribution in [0.5, 0.6) is 0 Å². The lowest BCUT2D eigenvalue weighted by Gasteiger charge is -2.39. The molecule has 1 aliphatic carbocycles. The van der Waals surface area contributed by atoms with Crippen molar-refractivity contribution < 1.29 is 8.78 Å². The Labute approximate surface area is 99.4 Å². The fraction of sp³-hybridized carbons (Fsp3) is 0.538. The number of halogens is 2. The van der Waals surface area contributed by atoms with Crippen molar-refractivity contribution in [2.45, 2.75) is 31.2 Å². The van der Waals surface area contributed by atoms with Gasteiger partial charge in [-0.1, -0.05) is 0 Å². The molecule has 0 spiro atoms. The van der Waals surface area contributed by atoms with Crippen LogP contribution in [0.15, 0.2) is 12.1 Å². The Morgan fingerprint density at radius 1 is 1.41 bits per heavy atom. The first-order valence-corrected chi connectivity index (χ1v) is 5.96. The lowest BCUT2D eigenvalue weighted by Crippen LogP contribution is -2.36. The van der Waals surface area contributed by atoms with Gasteiger partial charge in [-0.05, 0) is 42.6 Å². The fourth-order valence-corrected chi connectivity index (χ4v) is 3.20. The number of nitrogens with zero attached hydrogens (tertiary/aromatic N) is 1. The molecule has 0 saturated heterocycles. The Hall–Kier alpha value is -1.16. The summed E-state index contributed by atoms with van der Waals surface area (Å²) in [5, 5.41) is 0. The van der Waals surface area contributed by atoms with Crippen LogP contribution in [0.1, 0.15) is 35.4 Å². The van der Waals surface area contributed by atoms with Gasteiger partial charge < -0.3 is 10.6 Å². The van der Waals surface area contributed by atoms with Crippen LogP contribution in [0.25, 0.3) is 0 Å². The molecular formula is C13H16F2N2. The number of hydrogen-bond acceptors (Lipinski definition) is 2. The SMILES string of the molecule is CN1Cc2cc(N)cc3c2C(CCC3(F)F)C1. The standard InChI is InChI=1S/C13H16F2N2/c1-17-6-8-2-3-13(14,15)11-5-10(16)4-9(7-17)12(8)11/h4-5,8H,2-3,6-7,16H2,1H3. The van der Waals surface area contributed by atoms with E-state index in [4.69, 9.17) is 5.73 Å². The Balaban J connectivity index is 2.22. The Bertz CT molecular complexity index is 471. The van der Waals surface area contributed by atoms with Crippen LogP contribution < -0.4 is 5.73 Å². The largest absolute Gasteiger partial charge is 0.399 e. The second kappa shape index (κ2) is 3.42. The zero-order chi connectivity index (χ0) is 12.2. The molecule has 0 saturated carbocycles. The van der Waals surface area contributed by atoms with Crippen molar-refractivity contribution in [3.63, 3.8) is 0 Å². The molecule has 1 heterocycles. The van der Waals surface area contributed by atoms with Crippen LogP contribution in [0, 0.1) is 0 Å². The minimum atomic E-state index is -2.70. The minimum Gasteiger partial charge on any atom is -0.399 e. The van der Waals surface area contributed by atoms with Crippen LogP contribution >= 0.6 is 0 Å². The van der Waals surface area contributed by atoms with E-state index in [1.807, 2.05) is 13.1 Å². The van der Waals surface area contributed by atoms with Gasteiger partial charge in [0.1, 0.15) is 0 Å². The van der Waals surface area contributed by atoms with Crippen LogP contribution in [0.3, 0.4) is 0 Å². The topological polar surface area (TPSA) is 29.3 Å². The number of benzene rings is 1. The molecule has 1 unspecified atom stereocenters. The Kier molecular flexibility index (Phi) is 2.20. The van der Waals surface area contributed by atoms with E-state index in [1.165, 1.54) is 6.07 Å². The smallest absolute Gasteiger partial charge is 0.273 e. The highest BCUT2D eigenvalue weighted by Crippen LogP contribution is 2.48. The van der Waals surface area contributed by atoms with E-state index < -0.39 is 5.92 Å². The van der Waals surface area contributed by atoms with Gasteiger partial charge >= 0.3 is 0 Å². The van der Waals surface area contributed by atoms with Gasteiger partial charge in [0.15, 0.2) is 0 Å². The molecule has 0 aromatic heterocycles. The molecule has 2 aliphatic rings. The number of rotatable bonds is 0. The first-order chi connectivity index (χ1) is 7.97. The summed E-state index contributed by atoms with van der Waals surface area (Å²) in [6, 6.07) is 3.32. The van der Waals surface area contributed by atoms with Crippen LogP contribution in [-0.2, 0) is 12.5 Å². The first kappa shape index (κ1) is 11.0. The summed E-state index contributed by atoms with van der Waals surface area (Å²) < 4.78 is 27.8. The number of anilines is 1. The second-order valence-electron chi connectivity index (χ2n) is 5.28. The third-order valence-electron chi connectivity index (χ3n) is 3.87. The predicted octanol–water partition coefficient (Wildman–Crippen LogP) is 2.68. The van der Waals surface area contributed by atoms with Gasteiger partial charge in [-0.15, -0.1) is 0 Å². The molecule has 2 N–H and O–H groups in total. The van der Waals surface area contributed by atoms with Crippen LogP contribution in [-0.4, -0.2) is 18.5 Å². The summed E-state index contributed by atoms with van der Waals surface area (Å²) in [6.07, 6.45) is 0.517. The predicted molar refractivity (Wildman–Crippen MR) is 63.1 cm³/mol. The van der Waals surface area contributed by atoms with Gasteiger partial charge in [-0.2, -0.15) is 0 Å². The lowest BCUT2D eigenvalue weighted by molar-refractivity contribution is -0.0278. The molecule has 17 heavy (non-hydrogen) atoms. The van der Waals surface area contributed by atoms with E-state index in [9.17, 15) is 8.78 Å². The minimum absolute atomic E-state index is 0.0542. The molecule has 0 radical (unpaired) electrons. The summed E-state index contributed by atoms with van der Waals surface area (Å²) in [6.45, 7) is 1.60. The zero-order valence-electron chi connectivity index (χ0n) is 9.84. The van der Waals surface area contributed by atoms with Crippen LogP contribution in [0.2, 0.25) is 0 Å². The average Bonchev–Trinajstić information content (AvgIpc) is 2.22. The van der Waals surface area contributed by atoms with Crippen molar-refractivity contribution >= 4 is 5.69 Å². The van der Waals surface area contributed by atoms with E-state index >= 15 is 0 Å². The number of likely N-dealkylation sites (N-methyl/N-ethyl adjacent to an activating group) is 1. The molecule has 4 heteroatoms. The number of alkyl halides is 2. The Morgan fingerprint density at radius 2 is 2.18 bits per heavy atom. The fourth-order valence-electron chi connectivity index (χ4n) is 3.20. The third kappa shape index (κ3) is 1.62. The summed E-state index contributed by atoms with van der Waals surface area (Å²) in [5.41, 5.74) is 8.23. The summed E-state index contributed by atoms with van der Waals surface area (Å²) >= 11 is 0. The number of hydrogen-bond donors (Lipinski definition) is 1. The monoisotopic (exact) mass is 238 g/mol. The highest BCUT2D eigenvalue weighted by atomic mass is 19.3. The molecule has 0 amide bonds. The van der Waals surface area contributed by atoms with Gasteiger partial charge in [0.2, 0.25) is 0 Å². The van der Waals surface area contributed by atoms with Gasteiger partial charge in [-0.3, -0.25) is 0 Å².